The molecule has 20 heavy (non-hydrogen) atoms. The van der Waals surface area contributed by atoms with Gasteiger partial charge in [-0.05, 0) is 11.8 Å². The zero-order chi connectivity index (χ0) is 15.1. The van der Waals surface area contributed by atoms with Gasteiger partial charge in [0, 0.05) is 20.6 Å². The molecular formula is C14H22N4O2. The number of nitrogens with zero attached hydrogens (tertiary/aromatic N) is 4. The summed E-state index contributed by atoms with van der Waals surface area (Å²) < 4.78 is 4.40. The van der Waals surface area contributed by atoms with Gasteiger partial charge in [0.05, 0.1) is 6.33 Å². The Bertz CT molecular complexity index is 749. The van der Waals surface area contributed by atoms with Gasteiger partial charge in [0.25, 0.3) is 5.56 Å². The van der Waals surface area contributed by atoms with E-state index in [1.165, 1.54) is 11.6 Å². The van der Waals surface area contributed by atoms with Gasteiger partial charge in [-0.25, -0.2) is 9.78 Å². The van der Waals surface area contributed by atoms with Crippen LogP contribution < -0.4 is 11.2 Å². The van der Waals surface area contributed by atoms with Gasteiger partial charge in [0.15, 0.2) is 11.2 Å². The fourth-order valence-electron chi connectivity index (χ4n) is 2.17. The van der Waals surface area contributed by atoms with Crippen molar-refractivity contribution in [3.8, 4) is 0 Å². The molecule has 2 rings (SSSR count). The lowest BCUT2D eigenvalue weighted by atomic mass is 9.86. The van der Waals surface area contributed by atoms with Crippen LogP contribution in [0.2, 0.25) is 0 Å². The fraction of sp³-hybridized carbons (Fsp3) is 0.643. The molecule has 2 heterocycles. The molecule has 0 unspecified atom stereocenters. The van der Waals surface area contributed by atoms with Crippen LogP contribution in [0.5, 0.6) is 0 Å². The summed E-state index contributed by atoms with van der Waals surface area (Å²) in [7, 11) is 3.13. The molecule has 0 spiro atoms. The van der Waals surface area contributed by atoms with E-state index in [2.05, 4.69) is 25.8 Å². The van der Waals surface area contributed by atoms with Crippen molar-refractivity contribution in [1.29, 1.82) is 0 Å². The molecule has 0 fully saturated rings. The zero-order valence-corrected chi connectivity index (χ0v) is 12.8. The number of aromatic nitrogens is 4. The minimum atomic E-state index is -0.346. The summed E-state index contributed by atoms with van der Waals surface area (Å²) in [5.74, 6) is 0. The van der Waals surface area contributed by atoms with Crippen LogP contribution in [-0.2, 0) is 20.6 Å². The second-order valence-electron chi connectivity index (χ2n) is 6.08. The molecule has 2 aromatic rings. The second kappa shape index (κ2) is 4.92. The highest BCUT2D eigenvalue weighted by atomic mass is 16.2. The lowest BCUT2D eigenvalue weighted by molar-refractivity contribution is 0.303. The molecule has 0 atom stereocenters. The van der Waals surface area contributed by atoms with Crippen molar-refractivity contribution in [3.63, 3.8) is 0 Å². The van der Waals surface area contributed by atoms with E-state index in [4.69, 9.17) is 0 Å². The average molecular weight is 278 g/mol. The zero-order valence-electron chi connectivity index (χ0n) is 12.8. The lowest BCUT2D eigenvalue weighted by Crippen LogP contribution is -2.37. The van der Waals surface area contributed by atoms with Gasteiger partial charge in [-0.3, -0.25) is 13.9 Å². The summed E-state index contributed by atoms with van der Waals surface area (Å²) in [5.41, 5.74) is 0.549. The second-order valence-corrected chi connectivity index (χ2v) is 6.08. The molecule has 0 saturated heterocycles. The Morgan fingerprint density at radius 2 is 1.85 bits per heavy atom. The van der Waals surface area contributed by atoms with Crippen molar-refractivity contribution in [1.82, 2.24) is 18.7 Å². The number of hydrogen-bond acceptors (Lipinski definition) is 3. The van der Waals surface area contributed by atoms with Crippen LogP contribution in [0.1, 0.15) is 33.6 Å². The monoisotopic (exact) mass is 278 g/mol. The molecule has 6 nitrogen and oxygen atoms in total. The highest BCUT2D eigenvalue weighted by Crippen LogP contribution is 2.25. The molecule has 0 amide bonds. The lowest BCUT2D eigenvalue weighted by Gasteiger charge is -2.22. The minimum absolute atomic E-state index is 0.225. The Hall–Kier alpha value is -1.85. The van der Waals surface area contributed by atoms with Crippen molar-refractivity contribution < 1.29 is 0 Å². The quantitative estimate of drug-likeness (QED) is 0.846. The van der Waals surface area contributed by atoms with Gasteiger partial charge in [-0.2, -0.15) is 0 Å². The van der Waals surface area contributed by atoms with Crippen molar-refractivity contribution in [2.45, 2.75) is 40.2 Å². The Balaban J connectivity index is 2.53. The summed E-state index contributed by atoms with van der Waals surface area (Å²) in [5, 5.41) is 0. The molecule has 2 aromatic heterocycles. The first kappa shape index (κ1) is 14.6. The third-order valence-electron chi connectivity index (χ3n) is 4.20. The molecule has 0 aliphatic carbocycles. The molecule has 0 bridgehead atoms. The van der Waals surface area contributed by atoms with E-state index in [-0.39, 0.29) is 16.7 Å². The summed E-state index contributed by atoms with van der Waals surface area (Å²) in [4.78, 5) is 28.3. The Kier molecular flexibility index (Phi) is 3.58. The van der Waals surface area contributed by atoms with E-state index in [1.54, 1.807) is 13.4 Å². The maximum Gasteiger partial charge on any atom is 0.332 e. The highest BCUT2D eigenvalue weighted by molar-refractivity contribution is 5.69. The van der Waals surface area contributed by atoms with Crippen molar-refractivity contribution in [2.24, 2.45) is 19.5 Å². The van der Waals surface area contributed by atoms with Crippen LogP contribution >= 0.6 is 0 Å². The Labute approximate surface area is 117 Å². The molecule has 0 aliphatic heterocycles. The third-order valence-corrected chi connectivity index (χ3v) is 4.20. The summed E-state index contributed by atoms with van der Waals surface area (Å²) in [6, 6.07) is 0. The van der Waals surface area contributed by atoms with Crippen LogP contribution in [0.3, 0.4) is 0 Å². The van der Waals surface area contributed by atoms with Gasteiger partial charge < -0.3 is 4.57 Å². The SMILES string of the molecule is CCC(C)(C)CCn1cnc2c1c(=O)n(C)c(=O)n2C. The average Bonchev–Trinajstić information content (AvgIpc) is 2.84. The Morgan fingerprint density at radius 1 is 1.20 bits per heavy atom. The highest BCUT2D eigenvalue weighted by Gasteiger charge is 2.18. The van der Waals surface area contributed by atoms with Crippen LogP contribution in [0.4, 0.5) is 0 Å². The van der Waals surface area contributed by atoms with E-state index in [9.17, 15) is 9.59 Å². The number of rotatable bonds is 4. The third kappa shape index (κ3) is 2.30. The van der Waals surface area contributed by atoms with E-state index in [0.29, 0.717) is 11.2 Å². The number of aryl methyl sites for hydroxylation is 2. The van der Waals surface area contributed by atoms with Crippen molar-refractivity contribution >= 4 is 11.2 Å². The molecule has 0 aromatic carbocycles. The van der Waals surface area contributed by atoms with Crippen LogP contribution in [0.25, 0.3) is 11.2 Å². The number of hydrogen-bond donors (Lipinski definition) is 0. The smallest absolute Gasteiger partial charge is 0.325 e. The molecule has 6 heteroatoms. The predicted molar refractivity (Wildman–Crippen MR) is 78.9 cm³/mol. The first-order valence-corrected chi connectivity index (χ1v) is 6.89. The van der Waals surface area contributed by atoms with E-state index in [1.807, 2.05) is 4.57 Å². The molecule has 0 saturated carbocycles. The van der Waals surface area contributed by atoms with Crippen molar-refractivity contribution in [2.75, 3.05) is 0 Å². The van der Waals surface area contributed by atoms with Gasteiger partial charge in [-0.15, -0.1) is 0 Å². The van der Waals surface area contributed by atoms with Gasteiger partial charge in [0.1, 0.15) is 0 Å². The van der Waals surface area contributed by atoms with Crippen LogP contribution in [-0.4, -0.2) is 18.7 Å². The molecule has 0 N–H and O–H groups in total. The molecular weight excluding hydrogens is 256 g/mol. The standard InChI is InChI=1S/C14H22N4O2/c1-6-14(2,3)7-8-18-9-15-11-10(18)12(19)17(5)13(20)16(11)4/h9H,6-8H2,1-5H3. The molecule has 110 valence electrons. The largest absolute Gasteiger partial charge is 0.332 e. The Morgan fingerprint density at radius 3 is 2.45 bits per heavy atom. The number of imidazole rings is 1. The maximum atomic E-state index is 12.3. The van der Waals surface area contributed by atoms with E-state index in [0.717, 1.165) is 24.0 Å². The molecule has 0 aliphatic rings. The first-order valence-electron chi connectivity index (χ1n) is 6.89. The van der Waals surface area contributed by atoms with Gasteiger partial charge in [0.2, 0.25) is 0 Å². The first-order chi connectivity index (χ1) is 9.28. The fourth-order valence-corrected chi connectivity index (χ4v) is 2.17. The van der Waals surface area contributed by atoms with E-state index >= 15 is 0 Å². The van der Waals surface area contributed by atoms with Crippen LogP contribution in [0, 0.1) is 5.41 Å². The van der Waals surface area contributed by atoms with Crippen LogP contribution in [0.15, 0.2) is 15.9 Å². The van der Waals surface area contributed by atoms with Gasteiger partial charge in [-0.1, -0.05) is 27.2 Å². The summed E-state index contributed by atoms with van der Waals surface area (Å²) in [6.45, 7) is 7.31. The predicted octanol–water partition coefficient (Wildman–Crippen LogP) is 1.26. The summed E-state index contributed by atoms with van der Waals surface area (Å²) in [6.07, 6.45) is 3.69. The molecule has 0 radical (unpaired) electrons. The normalized spacial score (nSPS) is 12.2. The van der Waals surface area contributed by atoms with Gasteiger partial charge >= 0.3 is 5.69 Å². The van der Waals surface area contributed by atoms with E-state index < -0.39 is 0 Å². The van der Waals surface area contributed by atoms with Crippen molar-refractivity contribution in [3.05, 3.63) is 27.2 Å². The maximum absolute atomic E-state index is 12.3. The number of fused-ring (bicyclic) bond motifs is 1. The summed E-state index contributed by atoms with van der Waals surface area (Å²) >= 11 is 0. The minimum Gasteiger partial charge on any atom is -0.325 e. The topological polar surface area (TPSA) is 61.8 Å².